The number of pyridine rings is 1. The molecule has 5 rings (SSSR count). The average molecular weight is 548 g/mol. The van der Waals surface area contributed by atoms with Crippen LogP contribution in [0.1, 0.15) is 36.3 Å². The number of halogens is 4. The summed E-state index contributed by atoms with van der Waals surface area (Å²) in [5.41, 5.74) is 4.54. The number of H-pyrrole nitrogens is 2. The summed E-state index contributed by atoms with van der Waals surface area (Å²) >= 11 is 5.93. The molecular weight excluding hydrogens is 519 g/mol. The Bertz CT molecular complexity index is 1470. The molecule has 3 aromatic heterocycles. The minimum atomic E-state index is -4.12. The maximum atomic E-state index is 12.8. The lowest BCUT2D eigenvalue weighted by Gasteiger charge is -2.32. The number of alkyl halides is 3. The molecule has 0 bridgehead atoms. The van der Waals surface area contributed by atoms with Crippen molar-refractivity contribution in [2.75, 3.05) is 31.5 Å². The molecule has 4 aromatic rings. The highest BCUT2D eigenvalue weighted by atomic mass is 35.5. The summed E-state index contributed by atoms with van der Waals surface area (Å²) in [5.74, 6) is 0.730. The van der Waals surface area contributed by atoms with Gasteiger partial charge in [-0.05, 0) is 62.0 Å². The molecule has 1 aliphatic rings. The van der Waals surface area contributed by atoms with Crippen molar-refractivity contribution < 1.29 is 13.2 Å². The van der Waals surface area contributed by atoms with Crippen LogP contribution in [0, 0.1) is 6.92 Å². The van der Waals surface area contributed by atoms with Crippen LogP contribution in [0.15, 0.2) is 41.6 Å². The minimum absolute atomic E-state index is 0.0515. The Hall–Kier alpha value is -3.31. The van der Waals surface area contributed by atoms with E-state index in [4.69, 9.17) is 16.6 Å². The maximum absolute atomic E-state index is 12.8. The first-order valence-electron chi connectivity index (χ1n) is 12.6. The van der Waals surface area contributed by atoms with Crippen molar-refractivity contribution in [3.8, 4) is 11.4 Å². The lowest BCUT2D eigenvalue weighted by molar-refractivity contribution is -0.138. The maximum Gasteiger partial charge on any atom is 0.390 e. The minimum Gasteiger partial charge on any atom is -0.382 e. The summed E-state index contributed by atoms with van der Waals surface area (Å²) in [6.45, 7) is 4.42. The first kappa shape index (κ1) is 26.3. The van der Waals surface area contributed by atoms with E-state index in [0.29, 0.717) is 48.3 Å². The van der Waals surface area contributed by atoms with Crippen molar-refractivity contribution in [2.24, 2.45) is 0 Å². The van der Waals surface area contributed by atoms with Gasteiger partial charge in [-0.15, -0.1) is 0 Å². The normalized spacial score (nSPS) is 15.4. The molecular formula is C26H29ClF3N7O. The van der Waals surface area contributed by atoms with Gasteiger partial charge in [0.05, 0.1) is 40.9 Å². The smallest absolute Gasteiger partial charge is 0.382 e. The molecule has 12 heteroatoms. The van der Waals surface area contributed by atoms with Gasteiger partial charge in [0.15, 0.2) is 0 Å². The van der Waals surface area contributed by atoms with E-state index in [9.17, 15) is 18.0 Å². The topological polar surface area (TPSA) is 94.6 Å². The van der Waals surface area contributed by atoms with Gasteiger partial charge in [0.25, 0.3) is 5.56 Å². The van der Waals surface area contributed by atoms with Crippen molar-refractivity contribution in [2.45, 2.75) is 44.8 Å². The number of hydrogen-bond donors (Lipinski definition) is 3. The Morgan fingerprint density at radius 1 is 1.21 bits per heavy atom. The third-order valence-corrected chi connectivity index (χ3v) is 7.22. The number of imidazole rings is 1. The third-order valence-electron chi connectivity index (χ3n) is 7.03. The zero-order valence-corrected chi connectivity index (χ0v) is 21.7. The van der Waals surface area contributed by atoms with Crippen LogP contribution in [0.25, 0.3) is 22.4 Å². The monoisotopic (exact) mass is 547 g/mol. The van der Waals surface area contributed by atoms with Gasteiger partial charge in [0.1, 0.15) is 11.4 Å². The van der Waals surface area contributed by atoms with Crippen LogP contribution in [0.3, 0.4) is 0 Å². The fourth-order valence-electron chi connectivity index (χ4n) is 5.07. The van der Waals surface area contributed by atoms with Crippen LogP contribution >= 0.6 is 11.6 Å². The van der Waals surface area contributed by atoms with E-state index >= 15 is 0 Å². The number of aryl methyl sites for hydroxylation is 1. The first-order chi connectivity index (χ1) is 18.2. The predicted molar refractivity (Wildman–Crippen MR) is 142 cm³/mol. The summed E-state index contributed by atoms with van der Waals surface area (Å²) in [5, 5.41) is 8.02. The molecule has 4 heterocycles. The van der Waals surface area contributed by atoms with Gasteiger partial charge in [0.2, 0.25) is 0 Å². The largest absolute Gasteiger partial charge is 0.390 e. The van der Waals surface area contributed by atoms with Crippen LogP contribution in [-0.2, 0) is 6.54 Å². The molecule has 3 N–H and O–H groups in total. The number of piperidine rings is 1. The van der Waals surface area contributed by atoms with Crippen LogP contribution < -0.4 is 10.9 Å². The predicted octanol–water partition coefficient (Wildman–Crippen LogP) is 5.32. The fraction of sp³-hybridized carbons (Fsp3) is 0.423. The summed E-state index contributed by atoms with van der Waals surface area (Å²) in [6.07, 6.45) is 1.60. The molecule has 1 fully saturated rings. The van der Waals surface area contributed by atoms with E-state index in [1.165, 1.54) is 0 Å². The molecule has 0 spiro atoms. The number of nitrogens with zero attached hydrogens (tertiary/aromatic N) is 4. The molecule has 1 aromatic carbocycles. The summed E-state index contributed by atoms with van der Waals surface area (Å²) in [7, 11) is 0. The van der Waals surface area contributed by atoms with E-state index in [2.05, 4.69) is 32.5 Å². The van der Waals surface area contributed by atoms with Gasteiger partial charge in [-0.25, -0.2) is 4.98 Å². The van der Waals surface area contributed by atoms with Gasteiger partial charge in [-0.2, -0.15) is 18.3 Å². The fourth-order valence-corrected chi connectivity index (χ4v) is 5.23. The molecule has 1 saturated heterocycles. The molecule has 8 nitrogen and oxygen atoms in total. The number of nitrogens with one attached hydrogen (secondary N) is 3. The Balaban J connectivity index is 1.33. The molecule has 0 atom stereocenters. The summed E-state index contributed by atoms with van der Waals surface area (Å²) < 4.78 is 39.5. The molecule has 0 aliphatic carbocycles. The number of likely N-dealkylation sites (tertiary alicyclic amines) is 1. The van der Waals surface area contributed by atoms with Crippen LogP contribution in [0.4, 0.5) is 18.9 Å². The molecule has 202 valence electrons. The van der Waals surface area contributed by atoms with Crippen LogP contribution in [0.5, 0.6) is 0 Å². The van der Waals surface area contributed by atoms with Crippen LogP contribution in [0.2, 0.25) is 5.02 Å². The number of hydrogen-bond acceptors (Lipinski definition) is 5. The quantitative estimate of drug-likeness (QED) is 0.277. The molecule has 0 saturated carbocycles. The van der Waals surface area contributed by atoms with Crippen molar-refractivity contribution in [1.29, 1.82) is 0 Å². The Kier molecular flexibility index (Phi) is 7.49. The van der Waals surface area contributed by atoms with Gasteiger partial charge in [0, 0.05) is 25.5 Å². The lowest BCUT2D eigenvalue weighted by atomic mass is 9.88. The average Bonchev–Trinajstić information content (AvgIpc) is 3.49. The van der Waals surface area contributed by atoms with Crippen molar-refractivity contribution >= 4 is 28.3 Å². The van der Waals surface area contributed by atoms with E-state index in [-0.39, 0.29) is 18.0 Å². The molecule has 0 radical (unpaired) electrons. The zero-order valence-electron chi connectivity index (χ0n) is 20.9. The van der Waals surface area contributed by atoms with Gasteiger partial charge in [-0.3, -0.25) is 9.48 Å². The first-order valence-corrected chi connectivity index (χ1v) is 13.0. The van der Waals surface area contributed by atoms with Crippen LogP contribution in [-0.4, -0.2) is 62.0 Å². The zero-order chi connectivity index (χ0) is 26.9. The van der Waals surface area contributed by atoms with Crippen molar-refractivity contribution in [3.63, 3.8) is 0 Å². The molecule has 0 unspecified atom stereocenters. The second kappa shape index (κ2) is 10.8. The molecule has 0 amide bonds. The second-order valence-corrected chi connectivity index (χ2v) is 10.2. The number of benzene rings is 1. The highest BCUT2D eigenvalue weighted by Gasteiger charge is 2.29. The third kappa shape index (κ3) is 6.05. The van der Waals surface area contributed by atoms with Gasteiger partial charge < -0.3 is 20.2 Å². The summed E-state index contributed by atoms with van der Waals surface area (Å²) in [6, 6.07) is 5.96. The van der Waals surface area contributed by atoms with E-state index in [1.54, 1.807) is 29.3 Å². The van der Waals surface area contributed by atoms with Gasteiger partial charge >= 0.3 is 6.18 Å². The Labute approximate surface area is 222 Å². The van der Waals surface area contributed by atoms with E-state index < -0.39 is 12.6 Å². The number of fused-ring (bicyclic) bond motifs is 1. The summed E-state index contributed by atoms with van der Waals surface area (Å²) in [4.78, 5) is 25.5. The number of anilines is 1. The Morgan fingerprint density at radius 2 is 2.00 bits per heavy atom. The van der Waals surface area contributed by atoms with Gasteiger partial charge in [-0.1, -0.05) is 17.7 Å². The van der Waals surface area contributed by atoms with E-state index in [0.717, 1.165) is 35.0 Å². The highest BCUT2D eigenvalue weighted by molar-refractivity contribution is 6.30. The molecule has 38 heavy (non-hydrogen) atoms. The van der Waals surface area contributed by atoms with Crippen molar-refractivity contribution in [1.82, 2.24) is 29.6 Å². The number of aromatic nitrogens is 5. The SMILES string of the molecule is Cc1cc(C2CCN(CCC(F)(F)F)CC2)cc2[nH]c(-c3c(NCCn4cc(Cl)cn4)cc[nH]c3=O)nc12. The highest BCUT2D eigenvalue weighted by Crippen LogP contribution is 2.33. The number of aromatic amines is 2. The number of rotatable bonds is 8. The van der Waals surface area contributed by atoms with E-state index in [1.807, 2.05) is 11.8 Å². The Morgan fingerprint density at radius 3 is 2.71 bits per heavy atom. The second-order valence-electron chi connectivity index (χ2n) is 9.74. The lowest BCUT2D eigenvalue weighted by Crippen LogP contribution is -2.35. The standard InChI is InChI=1S/C26H29ClF3N7O/c1-16-12-18(17-3-8-36(9-4-17)10-5-26(28,29)30)13-21-23(16)35-24(34-21)22-20(2-6-32-25(22)38)31-7-11-37-15-19(27)14-33-37/h2,6,12-15,17H,3-5,7-11H2,1H3,(H,34,35)(H2,31,32,38). The molecule has 1 aliphatic heterocycles. The van der Waals surface area contributed by atoms with Crippen molar-refractivity contribution in [3.05, 3.63) is 63.3 Å².